The van der Waals surface area contributed by atoms with E-state index in [2.05, 4.69) is 17.4 Å². The minimum Gasteiger partial charge on any atom is -0.378 e. The monoisotopic (exact) mass is 390 g/mol. The molecule has 1 saturated heterocycles. The number of rotatable bonds is 5. The van der Waals surface area contributed by atoms with Crippen molar-refractivity contribution in [2.45, 2.75) is 13.0 Å². The van der Waals surface area contributed by atoms with Crippen LogP contribution in [0.4, 0.5) is 5.69 Å². The van der Waals surface area contributed by atoms with E-state index in [1.54, 1.807) is 4.90 Å². The van der Waals surface area contributed by atoms with Gasteiger partial charge in [0.2, 0.25) is 5.91 Å². The number of nitrogens with zero attached hydrogens (tertiary/aromatic N) is 3. The minimum atomic E-state index is -0.590. The fraction of sp³-hybridized carbons (Fsp3) is 0.550. The lowest BCUT2D eigenvalue weighted by Crippen LogP contribution is -3.07. The number of piperazine rings is 1. The highest BCUT2D eigenvalue weighted by Crippen LogP contribution is 2.16. The molecule has 2 N–H and O–H groups in total. The van der Waals surface area contributed by atoms with Gasteiger partial charge in [0.1, 0.15) is 6.04 Å². The first-order valence-corrected chi connectivity index (χ1v) is 9.60. The molecule has 1 atom stereocenters. The lowest BCUT2D eigenvalue weighted by molar-refractivity contribution is -0.890. The first-order valence-electron chi connectivity index (χ1n) is 9.60. The molecule has 1 heterocycles. The van der Waals surface area contributed by atoms with Crippen LogP contribution in [0.1, 0.15) is 18.5 Å². The number of quaternary nitrogens is 1. The van der Waals surface area contributed by atoms with Crippen molar-refractivity contribution in [1.82, 2.24) is 15.1 Å². The van der Waals surface area contributed by atoms with Crippen molar-refractivity contribution in [3.8, 4) is 0 Å². The second-order valence-corrected chi connectivity index (χ2v) is 7.62. The minimum absolute atomic E-state index is 0.00589. The van der Waals surface area contributed by atoms with Crippen molar-refractivity contribution in [1.29, 1.82) is 0 Å². The average molecular weight is 391 g/mol. The number of likely N-dealkylation sites (N-methyl/N-ethyl adjacent to an activating group) is 1. The van der Waals surface area contributed by atoms with Crippen LogP contribution in [0.25, 0.3) is 0 Å². The van der Waals surface area contributed by atoms with Crippen molar-refractivity contribution in [2.24, 2.45) is 0 Å². The molecule has 0 radical (unpaired) electrons. The zero-order valence-corrected chi connectivity index (χ0v) is 17.5. The topological polar surface area (TPSA) is 77.4 Å². The zero-order chi connectivity index (χ0) is 20.8. The van der Waals surface area contributed by atoms with E-state index in [0.29, 0.717) is 32.7 Å². The van der Waals surface area contributed by atoms with Crippen molar-refractivity contribution in [3.63, 3.8) is 0 Å². The van der Waals surface area contributed by atoms with E-state index in [4.69, 9.17) is 0 Å². The molecule has 1 aliphatic heterocycles. The van der Waals surface area contributed by atoms with Gasteiger partial charge >= 0.3 is 11.8 Å². The predicted octanol–water partition coefficient (Wildman–Crippen LogP) is -1.25. The second kappa shape index (κ2) is 9.54. The van der Waals surface area contributed by atoms with Gasteiger partial charge in [0, 0.05) is 58.4 Å². The highest BCUT2D eigenvalue weighted by molar-refractivity contribution is 6.35. The average Bonchev–Trinajstić information content (AvgIpc) is 2.67. The molecule has 3 amide bonds. The summed E-state index contributed by atoms with van der Waals surface area (Å²) in [7, 11) is 8.04. The molecule has 8 nitrogen and oxygen atoms in total. The molecule has 28 heavy (non-hydrogen) atoms. The molecule has 0 spiro atoms. The van der Waals surface area contributed by atoms with E-state index < -0.39 is 11.8 Å². The third kappa shape index (κ3) is 5.45. The number of hydrogen-bond acceptors (Lipinski definition) is 4. The lowest BCUT2D eigenvalue weighted by atomic mass is 10.1. The van der Waals surface area contributed by atoms with Crippen molar-refractivity contribution in [2.75, 3.05) is 65.8 Å². The van der Waals surface area contributed by atoms with Gasteiger partial charge in [-0.25, -0.2) is 0 Å². The van der Waals surface area contributed by atoms with E-state index >= 15 is 0 Å². The first kappa shape index (κ1) is 21.7. The SMILES string of the molecule is CC(=O)N1CCN(C(=O)C(=O)NC[C@H](c2ccc(N(C)C)cc2)[NH+](C)C)CC1. The maximum Gasteiger partial charge on any atom is 0.312 e. The second-order valence-electron chi connectivity index (χ2n) is 7.62. The van der Waals surface area contributed by atoms with Crippen molar-refractivity contribution >= 4 is 23.4 Å². The lowest BCUT2D eigenvalue weighted by Gasteiger charge is -2.33. The van der Waals surface area contributed by atoms with Gasteiger partial charge in [-0.1, -0.05) is 12.1 Å². The summed E-state index contributed by atoms with van der Waals surface area (Å²) in [5.41, 5.74) is 2.22. The molecule has 8 heteroatoms. The Balaban J connectivity index is 1.93. The Bertz CT molecular complexity index is 694. The van der Waals surface area contributed by atoms with Crippen LogP contribution in [0.3, 0.4) is 0 Å². The summed E-state index contributed by atoms with van der Waals surface area (Å²) in [6, 6.07) is 8.26. The van der Waals surface area contributed by atoms with Crippen LogP contribution >= 0.6 is 0 Å². The van der Waals surface area contributed by atoms with Gasteiger partial charge in [0.05, 0.1) is 20.6 Å². The molecule has 2 rings (SSSR count). The number of amides is 3. The highest BCUT2D eigenvalue weighted by atomic mass is 16.2. The molecule has 1 aromatic rings. The molecule has 0 aliphatic carbocycles. The summed E-state index contributed by atoms with van der Waals surface area (Å²) in [6.45, 7) is 3.61. The fourth-order valence-corrected chi connectivity index (χ4v) is 3.30. The zero-order valence-electron chi connectivity index (χ0n) is 17.5. The van der Waals surface area contributed by atoms with Crippen LogP contribution in [0, 0.1) is 0 Å². The van der Waals surface area contributed by atoms with Crippen molar-refractivity contribution in [3.05, 3.63) is 29.8 Å². The third-order valence-corrected chi connectivity index (χ3v) is 5.18. The maximum atomic E-state index is 12.4. The highest BCUT2D eigenvalue weighted by Gasteiger charge is 2.28. The Morgan fingerprint density at radius 3 is 2.04 bits per heavy atom. The maximum absolute atomic E-state index is 12.4. The van der Waals surface area contributed by atoms with Crippen LogP contribution in [-0.2, 0) is 14.4 Å². The number of nitrogens with one attached hydrogen (secondary N) is 2. The Hall–Kier alpha value is -2.61. The quantitative estimate of drug-likeness (QED) is 0.616. The third-order valence-electron chi connectivity index (χ3n) is 5.18. The van der Waals surface area contributed by atoms with Gasteiger partial charge in [0.15, 0.2) is 0 Å². The molecule has 154 valence electrons. The van der Waals surface area contributed by atoms with Crippen LogP contribution < -0.4 is 15.1 Å². The summed E-state index contributed by atoms with van der Waals surface area (Å²) < 4.78 is 0. The van der Waals surface area contributed by atoms with E-state index in [0.717, 1.165) is 11.3 Å². The Kier molecular flexibility index (Phi) is 7.39. The summed E-state index contributed by atoms with van der Waals surface area (Å²) in [5.74, 6) is -1.13. The molecule has 1 aromatic carbocycles. The number of benzene rings is 1. The fourth-order valence-electron chi connectivity index (χ4n) is 3.30. The molecule has 0 bridgehead atoms. The van der Waals surface area contributed by atoms with Gasteiger partial charge in [-0.2, -0.15) is 0 Å². The van der Waals surface area contributed by atoms with Gasteiger partial charge in [0.25, 0.3) is 0 Å². The van der Waals surface area contributed by atoms with Crippen LogP contribution in [0.2, 0.25) is 0 Å². The van der Waals surface area contributed by atoms with Gasteiger partial charge in [-0.05, 0) is 12.1 Å². The smallest absolute Gasteiger partial charge is 0.312 e. The molecule has 1 aliphatic rings. The Labute approximate surface area is 167 Å². The molecule has 0 aromatic heterocycles. The summed E-state index contributed by atoms with van der Waals surface area (Å²) in [4.78, 5) is 42.6. The van der Waals surface area contributed by atoms with E-state index in [1.807, 2.05) is 45.2 Å². The van der Waals surface area contributed by atoms with E-state index in [-0.39, 0.29) is 11.9 Å². The largest absolute Gasteiger partial charge is 0.378 e. The molecular weight excluding hydrogens is 358 g/mol. The number of carbonyl (C=O) groups excluding carboxylic acids is 3. The molecular formula is C20H32N5O3+. The number of carbonyl (C=O) groups is 3. The van der Waals surface area contributed by atoms with Gasteiger partial charge in [-0.15, -0.1) is 0 Å². The summed E-state index contributed by atoms with van der Waals surface area (Å²) in [5, 5.41) is 2.79. The van der Waals surface area contributed by atoms with Crippen LogP contribution in [-0.4, -0.2) is 88.4 Å². The molecule has 0 saturated carbocycles. The standard InChI is InChI=1S/C20H31N5O3/c1-15(26)24-10-12-25(13-11-24)20(28)19(27)21-14-18(23(4)5)16-6-8-17(9-7-16)22(2)3/h6-9,18H,10-14H2,1-5H3,(H,21,27)/p+1/t18-/m1/s1. The summed E-state index contributed by atoms with van der Waals surface area (Å²) in [6.07, 6.45) is 0. The summed E-state index contributed by atoms with van der Waals surface area (Å²) >= 11 is 0. The Morgan fingerprint density at radius 2 is 1.57 bits per heavy atom. The van der Waals surface area contributed by atoms with Crippen LogP contribution in [0.15, 0.2) is 24.3 Å². The van der Waals surface area contributed by atoms with E-state index in [1.165, 1.54) is 16.7 Å². The normalized spacial score (nSPS) is 15.4. The van der Waals surface area contributed by atoms with Crippen molar-refractivity contribution < 1.29 is 19.3 Å². The number of hydrogen-bond donors (Lipinski definition) is 2. The van der Waals surface area contributed by atoms with Crippen LogP contribution in [0.5, 0.6) is 0 Å². The predicted molar refractivity (Wildman–Crippen MR) is 108 cm³/mol. The molecule has 1 fully saturated rings. The van der Waals surface area contributed by atoms with Gasteiger partial charge in [-0.3, -0.25) is 14.4 Å². The van der Waals surface area contributed by atoms with Gasteiger partial charge < -0.3 is 24.9 Å². The Morgan fingerprint density at radius 1 is 1.04 bits per heavy atom. The first-order chi connectivity index (χ1) is 13.2. The number of anilines is 1. The molecule has 0 unspecified atom stereocenters. The van der Waals surface area contributed by atoms with E-state index in [9.17, 15) is 14.4 Å².